The van der Waals surface area contributed by atoms with E-state index in [0.29, 0.717) is 29.8 Å². The minimum atomic E-state index is -0.237. The van der Waals surface area contributed by atoms with Gasteiger partial charge in [-0.1, -0.05) is 13.8 Å². The molecular formula is C23H37N3O3. The van der Waals surface area contributed by atoms with Crippen molar-refractivity contribution in [3.05, 3.63) is 0 Å². The fraction of sp³-hybridized carbons (Fsp3) is 0.913. The number of carbonyl (C=O) groups excluding carboxylic acids is 2. The van der Waals surface area contributed by atoms with Crippen LogP contribution in [0.15, 0.2) is 0 Å². The van der Waals surface area contributed by atoms with Crippen molar-refractivity contribution in [1.82, 2.24) is 15.1 Å². The van der Waals surface area contributed by atoms with Crippen LogP contribution in [-0.4, -0.2) is 72.1 Å². The third kappa shape index (κ3) is 3.50. The van der Waals surface area contributed by atoms with E-state index in [1.54, 1.807) is 0 Å². The van der Waals surface area contributed by atoms with Gasteiger partial charge in [0.2, 0.25) is 11.8 Å². The first-order chi connectivity index (χ1) is 14.0. The molecule has 2 bridgehead atoms. The summed E-state index contributed by atoms with van der Waals surface area (Å²) in [6.07, 6.45) is 8.32. The van der Waals surface area contributed by atoms with Crippen LogP contribution in [0.5, 0.6) is 0 Å². The predicted octanol–water partition coefficient (Wildman–Crippen LogP) is 2.17. The highest BCUT2D eigenvalue weighted by Crippen LogP contribution is 2.48. The zero-order valence-corrected chi connectivity index (χ0v) is 18.1. The lowest BCUT2D eigenvalue weighted by Crippen LogP contribution is -2.55. The quantitative estimate of drug-likeness (QED) is 0.764. The number of fused-ring (bicyclic) bond motifs is 2. The zero-order valence-electron chi connectivity index (χ0n) is 18.1. The smallest absolute Gasteiger partial charge is 0.229 e. The molecule has 6 heteroatoms. The van der Waals surface area contributed by atoms with Gasteiger partial charge in [0.05, 0.1) is 17.5 Å². The summed E-state index contributed by atoms with van der Waals surface area (Å²) in [6.45, 7) is 7.69. The van der Waals surface area contributed by atoms with Crippen LogP contribution in [0.25, 0.3) is 0 Å². The number of hydrogen-bond donors (Lipinski definition) is 1. The Morgan fingerprint density at radius 1 is 0.966 bits per heavy atom. The van der Waals surface area contributed by atoms with E-state index in [4.69, 9.17) is 4.74 Å². The average Bonchev–Trinajstić information content (AvgIpc) is 3.17. The van der Waals surface area contributed by atoms with Gasteiger partial charge in [-0.25, -0.2) is 0 Å². The summed E-state index contributed by atoms with van der Waals surface area (Å²) in [5.41, 5.74) is -0.237. The molecule has 2 saturated carbocycles. The molecule has 162 valence electrons. The van der Waals surface area contributed by atoms with E-state index in [9.17, 15) is 9.59 Å². The normalized spacial score (nSPS) is 37.7. The van der Waals surface area contributed by atoms with Crippen LogP contribution in [0.3, 0.4) is 0 Å². The lowest BCUT2D eigenvalue weighted by molar-refractivity contribution is -0.150. The second kappa shape index (κ2) is 7.52. The van der Waals surface area contributed by atoms with Crippen LogP contribution in [0, 0.1) is 17.3 Å². The molecule has 3 heterocycles. The molecule has 2 aliphatic carbocycles. The Morgan fingerprint density at radius 2 is 1.66 bits per heavy atom. The molecule has 4 atom stereocenters. The maximum atomic E-state index is 13.8. The molecule has 0 aromatic rings. The molecule has 2 amide bonds. The highest BCUT2D eigenvalue weighted by Gasteiger charge is 2.55. The number of nitrogens with one attached hydrogen (secondary N) is 1. The van der Waals surface area contributed by atoms with E-state index < -0.39 is 0 Å². The number of nitrogens with zero attached hydrogens (tertiary/aromatic N) is 2. The van der Waals surface area contributed by atoms with Gasteiger partial charge in [-0.15, -0.1) is 0 Å². The Morgan fingerprint density at radius 3 is 2.28 bits per heavy atom. The maximum absolute atomic E-state index is 13.8. The molecule has 29 heavy (non-hydrogen) atoms. The van der Waals surface area contributed by atoms with E-state index in [1.807, 2.05) is 0 Å². The predicted molar refractivity (Wildman–Crippen MR) is 110 cm³/mol. The van der Waals surface area contributed by atoms with Gasteiger partial charge in [0.1, 0.15) is 0 Å². The van der Waals surface area contributed by atoms with Gasteiger partial charge in [0.25, 0.3) is 0 Å². The van der Waals surface area contributed by atoms with Crippen molar-refractivity contribution in [2.75, 3.05) is 26.3 Å². The largest absolute Gasteiger partial charge is 0.381 e. The third-order valence-electron chi connectivity index (χ3n) is 8.48. The van der Waals surface area contributed by atoms with Crippen LogP contribution in [0.1, 0.15) is 65.2 Å². The van der Waals surface area contributed by atoms with E-state index in [0.717, 1.165) is 77.7 Å². The van der Waals surface area contributed by atoms with Gasteiger partial charge in [-0.05, 0) is 57.3 Å². The second-order valence-corrected chi connectivity index (χ2v) is 10.6. The number of likely N-dealkylation sites (tertiary alicyclic amines) is 2. The minimum absolute atomic E-state index is 0.237. The second-order valence-electron chi connectivity index (χ2n) is 10.6. The van der Waals surface area contributed by atoms with Crippen LogP contribution in [0.4, 0.5) is 0 Å². The minimum Gasteiger partial charge on any atom is -0.381 e. The van der Waals surface area contributed by atoms with Crippen molar-refractivity contribution in [2.45, 2.75) is 89.4 Å². The van der Waals surface area contributed by atoms with Gasteiger partial charge in [-0.2, -0.15) is 0 Å². The van der Waals surface area contributed by atoms with Gasteiger partial charge in [-0.3, -0.25) is 9.59 Å². The Hall–Kier alpha value is -1.14. The maximum Gasteiger partial charge on any atom is 0.229 e. The standard InChI is InChI=1S/C23H37N3O3/c1-15(2)23(8-5-18(12-23)24-17-6-9-29-10-7-17)22(28)26-14-19-11-20(26)13-25(19)21(27)16-3-4-16/h15-20,24H,3-14H2,1-2H3/t18-,19+,20+,23+/m1/s1. The van der Waals surface area contributed by atoms with Crippen molar-refractivity contribution < 1.29 is 14.3 Å². The lowest BCUT2D eigenvalue weighted by atomic mass is 9.74. The number of rotatable bonds is 5. The van der Waals surface area contributed by atoms with E-state index in [1.165, 1.54) is 0 Å². The van der Waals surface area contributed by atoms with Gasteiger partial charge >= 0.3 is 0 Å². The lowest BCUT2D eigenvalue weighted by Gasteiger charge is -2.41. The van der Waals surface area contributed by atoms with E-state index in [2.05, 4.69) is 29.0 Å². The molecule has 1 N–H and O–H groups in total. The molecule has 6 nitrogen and oxygen atoms in total. The van der Waals surface area contributed by atoms with Crippen molar-refractivity contribution in [2.24, 2.45) is 17.3 Å². The fourth-order valence-electron chi connectivity index (χ4n) is 6.42. The van der Waals surface area contributed by atoms with Crippen LogP contribution < -0.4 is 5.32 Å². The molecule has 5 aliphatic rings. The highest BCUT2D eigenvalue weighted by molar-refractivity contribution is 5.86. The molecule has 0 aromatic heterocycles. The van der Waals surface area contributed by atoms with Crippen molar-refractivity contribution in [3.63, 3.8) is 0 Å². The van der Waals surface area contributed by atoms with Crippen molar-refractivity contribution >= 4 is 11.8 Å². The van der Waals surface area contributed by atoms with Crippen LogP contribution >= 0.6 is 0 Å². The number of hydrogen-bond acceptors (Lipinski definition) is 4. The summed E-state index contributed by atoms with van der Waals surface area (Å²) < 4.78 is 5.49. The molecule has 0 unspecified atom stereocenters. The summed E-state index contributed by atoms with van der Waals surface area (Å²) in [5, 5.41) is 3.84. The molecule has 0 aromatic carbocycles. The van der Waals surface area contributed by atoms with Gasteiger partial charge in [0.15, 0.2) is 0 Å². The van der Waals surface area contributed by atoms with Crippen LogP contribution in [0.2, 0.25) is 0 Å². The molecule has 0 radical (unpaired) electrons. The molecule has 3 aliphatic heterocycles. The van der Waals surface area contributed by atoms with Crippen molar-refractivity contribution in [3.8, 4) is 0 Å². The number of piperazine rings is 1. The molecule has 5 rings (SSSR count). The first kappa shape index (κ1) is 19.8. The summed E-state index contributed by atoms with van der Waals surface area (Å²) in [5.74, 6) is 1.35. The molecule has 0 spiro atoms. The summed E-state index contributed by atoms with van der Waals surface area (Å²) in [6, 6.07) is 1.49. The Kier molecular flexibility index (Phi) is 5.14. The molecular weight excluding hydrogens is 366 g/mol. The van der Waals surface area contributed by atoms with E-state index >= 15 is 0 Å². The number of amides is 2. The third-order valence-corrected chi connectivity index (χ3v) is 8.48. The topological polar surface area (TPSA) is 61.9 Å². The number of carbonyl (C=O) groups is 2. The Labute approximate surface area is 174 Å². The Bertz CT molecular complexity index is 658. The summed E-state index contributed by atoms with van der Waals surface area (Å²) in [7, 11) is 0. The fourth-order valence-corrected chi connectivity index (χ4v) is 6.42. The van der Waals surface area contributed by atoms with Gasteiger partial charge in [0, 0.05) is 44.3 Å². The Balaban J connectivity index is 1.24. The summed E-state index contributed by atoms with van der Waals surface area (Å²) in [4.78, 5) is 30.6. The van der Waals surface area contributed by atoms with Gasteiger partial charge < -0.3 is 19.9 Å². The first-order valence-electron chi connectivity index (χ1n) is 11.9. The SMILES string of the molecule is CC(C)[C@]1(C(=O)N2C[C@@H]3C[C@H]2CN3C(=O)C2CC2)CC[C@@H](NC2CCOCC2)C1. The van der Waals surface area contributed by atoms with Crippen LogP contribution in [-0.2, 0) is 14.3 Å². The monoisotopic (exact) mass is 403 g/mol. The zero-order chi connectivity index (χ0) is 20.2. The highest BCUT2D eigenvalue weighted by atomic mass is 16.5. The summed E-state index contributed by atoms with van der Waals surface area (Å²) >= 11 is 0. The van der Waals surface area contributed by atoms with E-state index in [-0.39, 0.29) is 23.4 Å². The first-order valence-corrected chi connectivity index (χ1v) is 11.9. The average molecular weight is 404 g/mol. The molecule has 5 fully saturated rings. The van der Waals surface area contributed by atoms with Crippen molar-refractivity contribution in [1.29, 1.82) is 0 Å². The number of ether oxygens (including phenoxy) is 1. The molecule has 3 saturated heterocycles.